The van der Waals surface area contributed by atoms with Crippen molar-refractivity contribution in [2.45, 2.75) is 71.4 Å². The number of carbonyl (C=O) groups excluding carboxylic acids is 1. The molecule has 1 saturated carbocycles. The van der Waals surface area contributed by atoms with E-state index in [9.17, 15) is 4.79 Å². The van der Waals surface area contributed by atoms with Crippen LogP contribution >= 0.6 is 0 Å². The van der Waals surface area contributed by atoms with E-state index in [0.29, 0.717) is 23.1 Å². The van der Waals surface area contributed by atoms with Crippen molar-refractivity contribution in [3.8, 4) is 0 Å². The summed E-state index contributed by atoms with van der Waals surface area (Å²) in [5.74, 6) is 0.615. The van der Waals surface area contributed by atoms with Gasteiger partial charge in [0.2, 0.25) is 0 Å². The number of hydrogen-bond acceptors (Lipinski definition) is 3. The number of esters is 1. The molecule has 1 fully saturated rings. The third kappa shape index (κ3) is 3.66. The summed E-state index contributed by atoms with van der Waals surface area (Å²) in [7, 11) is 1.44. The van der Waals surface area contributed by atoms with Gasteiger partial charge in [0, 0.05) is 12.1 Å². The molecule has 132 valence electrons. The van der Waals surface area contributed by atoms with Crippen LogP contribution in [-0.4, -0.2) is 19.1 Å². The lowest BCUT2D eigenvalue weighted by molar-refractivity contribution is 0.0600. The van der Waals surface area contributed by atoms with E-state index in [4.69, 9.17) is 4.74 Å². The fourth-order valence-electron chi connectivity index (χ4n) is 4.45. The van der Waals surface area contributed by atoms with Gasteiger partial charge in [0.15, 0.2) is 0 Å². The maximum Gasteiger partial charge on any atom is 0.337 e. The fraction of sp³-hybridized carbons (Fsp3) is 0.667. The first-order valence-electron chi connectivity index (χ1n) is 9.35. The lowest BCUT2D eigenvalue weighted by Gasteiger charge is -2.38. The van der Waals surface area contributed by atoms with Crippen LogP contribution in [0.3, 0.4) is 0 Å². The zero-order chi connectivity index (χ0) is 17.3. The highest BCUT2D eigenvalue weighted by Gasteiger charge is 2.32. The molecule has 2 aliphatic carbocycles. The van der Waals surface area contributed by atoms with Crippen molar-refractivity contribution in [1.82, 2.24) is 5.32 Å². The van der Waals surface area contributed by atoms with Crippen molar-refractivity contribution >= 4 is 5.97 Å². The molecule has 1 unspecified atom stereocenters. The number of ether oxygens (including phenoxy) is 1. The summed E-state index contributed by atoms with van der Waals surface area (Å²) in [6.45, 7) is 7.12. The summed E-state index contributed by atoms with van der Waals surface area (Å²) in [5, 5.41) is 3.89. The summed E-state index contributed by atoms with van der Waals surface area (Å²) in [6.07, 6.45) is 7.43. The van der Waals surface area contributed by atoms with Crippen molar-refractivity contribution in [2.24, 2.45) is 11.3 Å². The third-order valence-corrected chi connectivity index (χ3v) is 6.03. The molecule has 1 aromatic rings. The van der Waals surface area contributed by atoms with Crippen molar-refractivity contribution in [1.29, 1.82) is 0 Å². The van der Waals surface area contributed by atoms with Crippen LogP contribution in [0.5, 0.6) is 0 Å². The summed E-state index contributed by atoms with van der Waals surface area (Å²) >= 11 is 0. The molecule has 0 aliphatic heterocycles. The number of carbonyl (C=O) groups is 1. The van der Waals surface area contributed by atoms with Gasteiger partial charge in [-0.15, -0.1) is 0 Å². The predicted octanol–water partition coefficient (Wildman–Crippen LogP) is 4.66. The Balaban J connectivity index is 1.61. The molecule has 0 heterocycles. The number of hydrogen-bond donors (Lipinski definition) is 1. The Kier molecular flexibility index (Phi) is 5.00. The molecule has 3 rings (SSSR count). The monoisotopic (exact) mass is 329 g/mol. The summed E-state index contributed by atoms with van der Waals surface area (Å²) in [4.78, 5) is 11.7. The van der Waals surface area contributed by atoms with E-state index < -0.39 is 0 Å². The van der Waals surface area contributed by atoms with Gasteiger partial charge in [0.05, 0.1) is 12.7 Å². The maximum absolute atomic E-state index is 11.7. The Labute approximate surface area is 146 Å². The molecule has 0 saturated heterocycles. The lowest BCUT2D eigenvalue weighted by Crippen LogP contribution is -2.37. The third-order valence-electron chi connectivity index (χ3n) is 6.03. The Bertz CT molecular complexity index is 594. The van der Waals surface area contributed by atoms with E-state index in [-0.39, 0.29) is 5.97 Å². The summed E-state index contributed by atoms with van der Waals surface area (Å²) in [6, 6.07) is 7.12. The zero-order valence-electron chi connectivity index (χ0n) is 15.5. The minimum absolute atomic E-state index is 0.241. The molecule has 0 amide bonds. The number of fused-ring (bicyclic) bond motifs is 1. The Morgan fingerprint density at radius 3 is 2.46 bits per heavy atom. The van der Waals surface area contributed by atoms with Gasteiger partial charge in [-0.3, -0.25) is 0 Å². The van der Waals surface area contributed by atoms with Gasteiger partial charge in [-0.05, 0) is 73.1 Å². The largest absolute Gasteiger partial charge is 0.465 e. The molecule has 1 atom stereocenters. The number of nitrogens with one attached hydrogen (secondary N) is 1. The minimum atomic E-state index is -0.241. The molecule has 24 heavy (non-hydrogen) atoms. The van der Waals surface area contributed by atoms with Crippen molar-refractivity contribution in [3.05, 3.63) is 34.9 Å². The van der Waals surface area contributed by atoms with Crippen molar-refractivity contribution in [3.63, 3.8) is 0 Å². The molecular weight excluding hydrogens is 298 g/mol. The summed E-state index contributed by atoms with van der Waals surface area (Å²) in [5.41, 5.74) is 3.79. The van der Waals surface area contributed by atoms with E-state index in [1.165, 1.54) is 43.9 Å². The van der Waals surface area contributed by atoms with Crippen LogP contribution in [-0.2, 0) is 11.2 Å². The molecule has 0 aromatic heterocycles. The topological polar surface area (TPSA) is 38.3 Å². The normalized spacial score (nSPS) is 26.9. The van der Waals surface area contributed by atoms with Gasteiger partial charge in [-0.2, -0.15) is 0 Å². The second-order valence-corrected chi connectivity index (χ2v) is 8.58. The summed E-state index contributed by atoms with van der Waals surface area (Å²) < 4.78 is 4.83. The van der Waals surface area contributed by atoms with E-state index >= 15 is 0 Å². The van der Waals surface area contributed by atoms with Crippen LogP contribution < -0.4 is 5.32 Å². The second kappa shape index (κ2) is 6.87. The van der Waals surface area contributed by atoms with Crippen LogP contribution in [0.2, 0.25) is 0 Å². The van der Waals surface area contributed by atoms with E-state index in [0.717, 1.165) is 18.8 Å². The first-order valence-corrected chi connectivity index (χ1v) is 9.35. The average Bonchev–Trinajstić information content (AvgIpc) is 2.96. The minimum Gasteiger partial charge on any atom is -0.465 e. The Morgan fingerprint density at radius 2 is 1.83 bits per heavy atom. The van der Waals surface area contributed by atoms with E-state index in [2.05, 4.69) is 32.2 Å². The predicted molar refractivity (Wildman–Crippen MR) is 97.2 cm³/mol. The second-order valence-electron chi connectivity index (χ2n) is 8.58. The Hall–Kier alpha value is -1.35. The molecule has 0 radical (unpaired) electrons. The van der Waals surface area contributed by atoms with E-state index in [1.807, 2.05) is 12.1 Å². The van der Waals surface area contributed by atoms with Crippen LogP contribution in [0.25, 0.3) is 0 Å². The van der Waals surface area contributed by atoms with Gasteiger partial charge in [0.1, 0.15) is 0 Å². The smallest absolute Gasteiger partial charge is 0.337 e. The molecule has 0 spiro atoms. The molecule has 2 aliphatic rings. The van der Waals surface area contributed by atoms with Crippen LogP contribution in [0.4, 0.5) is 0 Å². The molecular formula is C21H31NO2. The highest BCUT2D eigenvalue weighted by molar-refractivity contribution is 5.89. The number of methoxy groups -OCH3 is 1. The SMILES string of the molecule is COC(=O)c1ccc2c(c1)CCC2NC1CCC(C(C)(C)C)CC1. The average molecular weight is 329 g/mol. The van der Waals surface area contributed by atoms with Crippen molar-refractivity contribution in [2.75, 3.05) is 7.11 Å². The van der Waals surface area contributed by atoms with Gasteiger partial charge in [-0.25, -0.2) is 4.79 Å². The van der Waals surface area contributed by atoms with Crippen LogP contribution in [0, 0.1) is 11.3 Å². The fourth-order valence-corrected chi connectivity index (χ4v) is 4.45. The highest BCUT2D eigenvalue weighted by Crippen LogP contribution is 2.39. The van der Waals surface area contributed by atoms with Crippen LogP contribution in [0.1, 0.15) is 80.4 Å². The van der Waals surface area contributed by atoms with Gasteiger partial charge < -0.3 is 10.1 Å². The first kappa shape index (κ1) is 17.5. The molecule has 3 heteroatoms. The first-order chi connectivity index (χ1) is 11.4. The lowest BCUT2D eigenvalue weighted by atomic mass is 9.71. The zero-order valence-corrected chi connectivity index (χ0v) is 15.5. The Morgan fingerprint density at radius 1 is 1.12 bits per heavy atom. The van der Waals surface area contributed by atoms with E-state index in [1.54, 1.807) is 0 Å². The highest BCUT2D eigenvalue weighted by atomic mass is 16.5. The van der Waals surface area contributed by atoms with Crippen molar-refractivity contribution < 1.29 is 9.53 Å². The maximum atomic E-state index is 11.7. The molecule has 3 nitrogen and oxygen atoms in total. The molecule has 1 aromatic carbocycles. The standard InChI is InChI=1S/C21H31NO2/c1-21(2,3)16-7-9-17(10-8-16)22-19-12-6-14-13-15(20(23)24-4)5-11-18(14)19/h5,11,13,16-17,19,22H,6-10,12H2,1-4H3. The quantitative estimate of drug-likeness (QED) is 0.820. The van der Waals surface area contributed by atoms with Crippen LogP contribution in [0.15, 0.2) is 18.2 Å². The van der Waals surface area contributed by atoms with Gasteiger partial charge in [0.25, 0.3) is 0 Å². The number of aryl methyl sites for hydroxylation is 1. The number of benzene rings is 1. The van der Waals surface area contributed by atoms with Gasteiger partial charge >= 0.3 is 5.97 Å². The molecule has 0 bridgehead atoms. The number of rotatable bonds is 3. The molecule has 1 N–H and O–H groups in total. The van der Waals surface area contributed by atoms with Gasteiger partial charge in [-0.1, -0.05) is 26.8 Å².